The molecular formula is C19H18N2O5. The number of nitrogens with one attached hydrogen (secondary N) is 1. The summed E-state index contributed by atoms with van der Waals surface area (Å²) in [5, 5.41) is 11.7. The molecule has 7 heteroatoms. The monoisotopic (exact) mass is 354 g/mol. The number of carbonyl (C=O) groups excluding carboxylic acids is 1. The number of benzene rings is 2. The van der Waals surface area contributed by atoms with E-state index < -0.39 is 12.6 Å². The van der Waals surface area contributed by atoms with Gasteiger partial charge in [-0.25, -0.2) is 9.78 Å². The lowest BCUT2D eigenvalue weighted by atomic mass is 10.1. The Morgan fingerprint density at radius 1 is 1.23 bits per heavy atom. The highest BCUT2D eigenvalue weighted by molar-refractivity contribution is 5.91. The zero-order chi connectivity index (χ0) is 18.5. The number of oxazole rings is 1. The summed E-state index contributed by atoms with van der Waals surface area (Å²) in [7, 11) is 0. The van der Waals surface area contributed by atoms with Crippen molar-refractivity contribution in [3.8, 4) is 17.2 Å². The molecule has 0 aliphatic heterocycles. The number of ether oxygens (including phenoxy) is 1. The summed E-state index contributed by atoms with van der Waals surface area (Å²) >= 11 is 0. The molecule has 0 fully saturated rings. The third kappa shape index (κ3) is 4.00. The van der Waals surface area contributed by atoms with Gasteiger partial charge in [0.1, 0.15) is 11.3 Å². The van der Waals surface area contributed by atoms with Crippen LogP contribution >= 0.6 is 0 Å². The van der Waals surface area contributed by atoms with Crippen LogP contribution in [0.1, 0.15) is 19.8 Å². The summed E-state index contributed by atoms with van der Waals surface area (Å²) in [6.07, 6.45) is 1.13. The third-order valence-electron chi connectivity index (χ3n) is 3.62. The van der Waals surface area contributed by atoms with E-state index in [0.29, 0.717) is 34.7 Å². The minimum absolute atomic E-state index is 0.119. The maximum atomic E-state index is 11.8. The van der Waals surface area contributed by atoms with E-state index in [9.17, 15) is 9.59 Å². The Hall–Kier alpha value is -3.35. The molecule has 0 unspecified atom stereocenters. The fraction of sp³-hybridized carbons (Fsp3) is 0.211. The van der Waals surface area contributed by atoms with Crippen LogP contribution in [0.5, 0.6) is 5.75 Å². The van der Waals surface area contributed by atoms with Crippen molar-refractivity contribution in [2.75, 3.05) is 11.9 Å². The van der Waals surface area contributed by atoms with Crippen molar-refractivity contribution in [3.05, 3.63) is 42.5 Å². The van der Waals surface area contributed by atoms with E-state index in [1.807, 2.05) is 25.1 Å². The minimum atomic E-state index is -1.10. The van der Waals surface area contributed by atoms with Gasteiger partial charge in [0.15, 0.2) is 12.2 Å². The molecule has 1 heterocycles. The lowest BCUT2D eigenvalue weighted by molar-refractivity contribution is -0.139. The standard InChI is InChI=1S/C19H18N2O5/c1-2-5-17(22)20-12-8-9-13(16(10-12)25-11-18(23)24)19-21-14-6-3-4-7-15(14)26-19/h3-4,6-10H,2,5,11H2,1H3,(H,20,22)(H,23,24). The van der Waals surface area contributed by atoms with Gasteiger partial charge in [-0.15, -0.1) is 0 Å². The minimum Gasteiger partial charge on any atom is -0.481 e. The summed E-state index contributed by atoms with van der Waals surface area (Å²) < 4.78 is 11.1. The lowest BCUT2D eigenvalue weighted by Crippen LogP contribution is -2.12. The number of amides is 1. The Morgan fingerprint density at radius 3 is 2.77 bits per heavy atom. The van der Waals surface area contributed by atoms with Crippen LogP contribution in [-0.4, -0.2) is 28.6 Å². The first-order valence-electron chi connectivity index (χ1n) is 8.21. The molecule has 0 atom stereocenters. The van der Waals surface area contributed by atoms with Crippen molar-refractivity contribution in [1.29, 1.82) is 0 Å². The molecule has 0 radical (unpaired) electrons. The summed E-state index contributed by atoms with van der Waals surface area (Å²) in [5.74, 6) is -0.633. The largest absolute Gasteiger partial charge is 0.481 e. The van der Waals surface area contributed by atoms with Crippen molar-refractivity contribution in [1.82, 2.24) is 4.98 Å². The van der Waals surface area contributed by atoms with Gasteiger partial charge in [-0.1, -0.05) is 19.1 Å². The van der Waals surface area contributed by atoms with Crippen LogP contribution in [-0.2, 0) is 9.59 Å². The van der Waals surface area contributed by atoms with E-state index in [1.165, 1.54) is 0 Å². The normalized spacial score (nSPS) is 10.7. The number of carbonyl (C=O) groups is 2. The van der Waals surface area contributed by atoms with Crippen LogP contribution in [0.3, 0.4) is 0 Å². The molecule has 2 aromatic carbocycles. The molecule has 0 spiro atoms. The second-order valence-corrected chi connectivity index (χ2v) is 5.68. The second-order valence-electron chi connectivity index (χ2n) is 5.68. The second kappa shape index (κ2) is 7.69. The molecule has 0 aliphatic carbocycles. The van der Waals surface area contributed by atoms with Gasteiger partial charge in [0.2, 0.25) is 11.8 Å². The average Bonchev–Trinajstić information content (AvgIpc) is 3.04. The Morgan fingerprint density at radius 2 is 2.04 bits per heavy atom. The first-order valence-corrected chi connectivity index (χ1v) is 8.21. The molecule has 3 aromatic rings. The van der Waals surface area contributed by atoms with Gasteiger partial charge in [-0.05, 0) is 30.7 Å². The van der Waals surface area contributed by atoms with Crippen LogP contribution in [0.2, 0.25) is 0 Å². The first kappa shape index (κ1) is 17.5. The van der Waals surface area contributed by atoms with E-state index in [2.05, 4.69) is 10.3 Å². The van der Waals surface area contributed by atoms with E-state index >= 15 is 0 Å². The summed E-state index contributed by atoms with van der Waals surface area (Å²) in [4.78, 5) is 27.1. The molecule has 0 saturated heterocycles. The zero-order valence-corrected chi connectivity index (χ0v) is 14.2. The van der Waals surface area contributed by atoms with Crippen molar-refractivity contribution in [2.24, 2.45) is 0 Å². The number of carboxylic acids is 1. The van der Waals surface area contributed by atoms with E-state index in [1.54, 1.807) is 24.3 Å². The predicted molar refractivity (Wildman–Crippen MR) is 96.1 cm³/mol. The number of hydrogen-bond donors (Lipinski definition) is 2. The lowest BCUT2D eigenvalue weighted by Gasteiger charge is -2.11. The molecule has 0 bridgehead atoms. The Labute approximate surface area is 149 Å². The molecule has 1 aromatic heterocycles. The molecule has 0 saturated carbocycles. The van der Waals surface area contributed by atoms with Gasteiger partial charge in [-0.2, -0.15) is 0 Å². The first-order chi connectivity index (χ1) is 12.6. The summed E-state index contributed by atoms with van der Waals surface area (Å²) in [6.45, 7) is 1.40. The number of rotatable bonds is 7. The Bertz CT molecular complexity index is 915. The highest BCUT2D eigenvalue weighted by Crippen LogP contribution is 2.34. The molecule has 134 valence electrons. The number of aromatic nitrogens is 1. The van der Waals surface area contributed by atoms with Gasteiger partial charge in [-0.3, -0.25) is 4.79 Å². The quantitative estimate of drug-likeness (QED) is 0.671. The average molecular weight is 354 g/mol. The SMILES string of the molecule is CCCC(=O)Nc1ccc(-c2nc3ccccc3o2)c(OCC(=O)O)c1. The predicted octanol–water partition coefficient (Wildman–Crippen LogP) is 3.70. The molecule has 2 N–H and O–H groups in total. The zero-order valence-electron chi connectivity index (χ0n) is 14.2. The highest BCUT2D eigenvalue weighted by atomic mass is 16.5. The maximum absolute atomic E-state index is 11.8. The maximum Gasteiger partial charge on any atom is 0.341 e. The van der Waals surface area contributed by atoms with Crippen LogP contribution < -0.4 is 10.1 Å². The fourth-order valence-corrected chi connectivity index (χ4v) is 2.47. The topological polar surface area (TPSA) is 102 Å². The number of carboxylic acid groups (broad SMARTS) is 1. The highest BCUT2D eigenvalue weighted by Gasteiger charge is 2.16. The number of fused-ring (bicyclic) bond motifs is 1. The third-order valence-corrected chi connectivity index (χ3v) is 3.62. The fourth-order valence-electron chi connectivity index (χ4n) is 2.47. The van der Waals surface area contributed by atoms with Crippen LogP contribution in [0, 0.1) is 0 Å². The van der Waals surface area contributed by atoms with E-state index in [0.717, 1.165) is 6.42 Å². The Kier molecular flexibility index (Phi) is 5.17. The van der Waals surface area contributed by atoms with Crippen LogP contribution in [0.25, 0.3) is 22.6 Å². The van der Waals surface area contributed by atoms with Gasteiger partial charge in [0, 0.05) is 18.2 Å². The molecule has 7 nitrogen and oxygen atoms in total. The number of nitrogens with zero attached hydrogens (tertiary/aromatic N) is 1. The van der Waals surface area contributed by atoms with Gasteiger partial charge >= 0.3 is 5.97 Å². The van der Waals surface area contributed by atoms with Gasteiger partial charge in [0.25, 0.3) is 0 Å². The molecule has 1 amide bonds. The molecule has 3 rings (SSSR count). The summed E-state index contributed by atoms with van der Waals surface area (Å²) in [5.41, 5.74) is 2.33. The Balaban J connectivity index is 1.96. The van der Waals surface area contributed by atoms with Crippen LogP contribution in [0.15, 0.2) is 46.9 Å². The molecule has 26 heavy (non-hydrogen) atoms. The van der Waals surface area contributed by atoms with Crippen LogP contribution in [0.4, 0.5) is 5.69 Å². The molecular weight excluding hydrogens is 336 g/mol. The van der Waals surface area contributed by atoms with Gasteiger partial charge in [0.05, 0.1) is 5.56 Å². The number of aliphatic carboxylic acids is 1. The van der Waals surface area contributed by atoms with Crippen molar-refractivity contribution in [3.63, 3.8) is 0 Å². The van der Waals surface area contributed by atoms with Crippen molar-refractivity contribution < 1.29 is 23.8 Å². The van der Waals surface area contributed by atoms with Crippen molar-refractivity contribution in [2.45, 2.75) is 19.8 Å². The summed E-state index contributed by atoms with van der Waals surface area (Å²) in [6, 6.07) is 12.3. The number of para-hydroxylation sites is 2. The number of anilines is 1. The molecule has 0 aliphatic rings. The van der Waals surface area contributed by atoms with E-state index in [4.69, 9.17) is 14.3 Å². The van der Waals surface area contributed by atoms with E-state index in [-0.39, 0.29) is 11.7 Å². The number of hydrogen-bond acceptors (Lipinski definition) is 5. The smallest absolute Gasteiger partial charge is 0.341 e. The van der Waals surface area contributed by atoms with Crippen molar-refractivity contribution >= 4 is 28.7 Å². The van der Waals surface area contributed by atoms with Gasteiger partial charge < -0.3 is 19.6 Å².